The van der Waals surface area contributed by atoms with E-state index in [-0.39, 0.29) is 0 Å². The quantitative estimate of drug-likeness (QED) is 0.569. The standard InChI is InChI=1S/C6H4Br2ClN/c7-3-4-1-5(8)10-6(9)2-4/h1-2H,3H2. The summed E-state index contributed by atoms with van der Waals surface area (Å²) < 4.78 is 0.773. The summed E-state index contributed by atoms with van der Waals surface area (Å²) in [4.78, 5) is 3.94. The van der Waals surface area contributed by atoms with E-state index in [0.29, 0.717) is 5.15 Å². The lowest BCUT2D eigenvalue weighted by atomic mass is 10.3. The fourth-order valence-electron chi connectivity index (χ4n) is 0.591. The number of hydrogen-bond donors (Lipinski definition) is 0. The molecule has 0 aliphatic carbocycles. The molecule has 0 aliphatic heterocycles. The lowest BCUT2D eigenvalue weighted by molar-refractivity contribution is 1.23. The van der Waals surface area contributed by atoms with E-state index in [4.69, 9.17) is 11.6 Å². The molecule has 0 radical (unpaired) electrons. The number of nitrogens with zero attached hydrogens (tertiary/aromatic N) is 1. The van der Waals surface area contributed by atoms with Crippen molar-refractivity contribution in [3.05, 3.63) is 27.5 Å². The summed E-state index contributed by atoms with van der Waals surface area (Å²) in [6, 6.07) is 3.74. The van der Waals surface area contributed by atoms with E-state index >= 15 is 0 Å². The van der Waals surface area contributed by atoms with Gasteiger partial charge in [-0.15, -0.1) is 0 Å². The van der Waals surface area contributed by atoms with Crippen LogP contribution in [0.3, 0.4) is 0 Å². The second kappa shape index (κ2) is 3.69. The largest absolute Gasteiger partial charge is 0.229 e. The van der Waals surface area contributed by atoms with Gasteiger partial charge in [0, 0.05) is 5.33 Å². The van der Waals surface area contributed by atoms with Gasteiger partial charge in [-0.25, -0.2) is 4.98 Å². The number of pyridine rings is 1. The SMILES string of the molecule is Clc1cc(CBr)cc(Br)n1. The Hall–Kier alpha value is 0.400. The third kappa shape index (κ3) is 2.22. The van der Waals surface area contributed by atoms with Crippen molar-refractivity contribution in [2.45, 2.75) is 5.33 Å². The predicted molar refractivity (Wildman–Crippen MR) is 49.6 cm³/mol. The smallest absolute Gasteiger partial charge is 0.130 e. The first-order valence-electron chi connectivity index (χ1n) is 2.60. The van der Waals surface area contributed by atoms with Gasteiger partial charge >= 0.3 is 0 Å². The minimum absolute atomic E-state index is 0.517. The van der Waals surface area contributed by atoms with Crippen LogP contribution >= 0.6 is 43.5 Å². The number of halogens is 3. The van der Waals surface area contributed by atoms with Crippen molar-refractivity contribution >= 4 is 43.5 Å². The average molecular weight is 285 g/mol. The van der Waals surface area contributed by atoms with Crippen molar-refractivity contribution in [3.8, 4) is 0 Å². The van der Waals surface area contributed by atoms with Crippen LogP contribution in [-0.2, 0) is 5.33 Å². The molecule has 10 heavy (non-hydrogen) atoms. The van der Waals surface area contributed by atoms with E-state index < -0.39 is 0 Å². The molecule has 4 heteroatoms. The summed E-state index contributed by atoms with van der Waals surface area (Å²) in [5.41, 5.74) is 1.12. The van der Waals surface area contributed by atoms with Gasteiger partial charge in [0.05, 0.1) is 0 Å². The lowest BCUT2D eigenvalue weighted by Gasteiger charge is -1.96. The minimum Gasteiger partial charge on any atom is -0.229 e. The highest BCUT2D eigenvalue weighted by Gasteiger charge is 1.95. The maximum Gasteiger partial charge on any atom is 0.130 e. The van der Waals surface area contributed by atoms with Gasteiger partial charge in [0.1, 0.15) is 9.76 Å². The summed E-state index contributed by atoms with van der Waals surface area (Å²) in [5, 5.41) is 1.32. The van der Waals surface area contributed by atoms with E-state index in [0.717, 1.165) is 15.5 Å². The highest BCUT2D eigenvalue weighted by molar-refractivity contribution is 9.10. The predicted octanol–water partition coefficient (Wildman–Crippen LogP) is 3.39. The molecule has 0 atom stereocenters. The fourth-order valence-corrected chi connectivity index (χ4v) is 1.73. The van der Waals surface area contributed by atoms with Crippen LogP contribution in [0.15, 0.2) is 16.7 Å². The monoisotopic (exact) mass is 283 g/mol. The molecule has 0 N–H and O–H groups in total. The zero-order valence-corrected chi connectivity index (χ0v) is 8.87. The Morgan fingerprint density at radius 2 is 2.20 bits per heavy atom. The third-order valence-corrected chi connectivity index (χ3v) is 2.22. The summed E-state index contributed by atoms with van der Waals surface area (Å²) in [7, 11) is 0. The second-order valence-corrected chi connectivity index (χ2v) is 3.51. The summed E-state index contributed by atoms with van der Waals surface area (Å²) >= 11 is 12.2. The highest BCUT2D eigenvalue weighted by Crippen LogP contribution is 2.16. The van der Waals surface area contributed by atoms with Crippen LogP contribution in [0.2, 0.25) is 5.15 Å². The Balaban J connectivity index is 3.06. The van der Waals surface area contributed by atoms with Gasteiger partial charge in [0.15, 0.2) is 0 Å². The van der Waals surface area contributed by atoms with Crippen LogP contribution in [0.4, 0.5) is 0 Å². The number of hydrogen-bond acceptors (Lipinski definition) is 1. The molecule has 1 heterocycles. The van der Waals surface area contributed by atoms with Gasteiger partial charge in [-0.1, -0.05) is 27.5 Å². The fraction of sp³-hybridized carbons (Fsp3) is 0.167. The molecule has 0 saturated heterocycles. The number of aromatic nitrogens is 1. The molecule has 0 spiro atoms. The van der Waals surface area contributed by atoms with E-state index in [1.165, 1.54) is 0 Å². The van der Waals surface area contributed by atoms with Crippen molar-refractivity contribution < 1.29 is 0 Å². The lowest BCUT2D eigenvalue weighted by Crippen LogP contribution is -1.81. The van der Waals surface area contributed by atoms with Crippen LogP contribution in [0.1, 0.15) is 5.56 Å². The molecule has 0 aliphatic rings. The van der Waals surface area contributed by atoms with E-state index in [9.17, 15) is 0 Å². The van der Waals surface area contributed by atoms with Gasteiger partial charge in [-0.05, 0) is 33.6 Å². The Bertz CT molecular complexity index is 219. The van der Waals surface area contributed by atoms with Gasteiger partial charge in [0.2, 0.25) is 0 Å². The molecule has 1 aromatic heterocycles. The first-order chi connectivity index (χ1) is 4.72. The maximum absolute atomic E-state index is 5.67. The van der Waals surface area contributed by atoms with E-state index in [1.807, 2.05) is 12.1 Å². The molecule has 0 saturated carbocycles. The summed E-state index contributed by atoms with van der Waals surface area (Å²) in [6.07, 6.45) is 0. The van der Waals surface area contributed by atoms with Crippen molar-refractivity contribution in [1.29, 1.82) is 0 Å². The van der Waals surface area contributed by atoms with Gasteiger partial charge < -0.3 is 0 Å². The Morgan fingerprint density at radius 1 is 1.50 bits per heavy atom. The van der Waals surface area contributed by atoms with Crippen molar-refractivity contribution in [1.82, 2.24) is 4.98 Å². The molecule has 0 fully saturated rings. The molecular formula is C6H4Br2ClN. The first kappa shape index (κ1) is 8.50. The normalized spacial score (nSPS) is 9.90. The zero-order valence-electron chi connectivity index (χ0n) is 4.94. The van der Waals surface area contributed by atoms with Gasteiger partial charge in [0.25, 0.3) is 0 Å². The van der Waals surface area contributed by atoms with Crippen LogP contribution in [0.25, 0.3) is 0 Å². The summed E-state index contributed by atoms with van der Waals surface area (Å²) in [5.74, 6) is 0. The molecule has 1 aromatic rings. The topological polar surface area (TPSA) is 12.9 Å². The molecule has 1 rings (SSSR count). The number of alkyl halides is 1. The molecule has 0 unspecified atom stereocenters. The second-order valence-electron chi connectivity index (χ2n) is 1.75. The third-order valence-electron chi connectivity index (χ3n) is 0.977. The van der Waals surface area contributed by atoms with Crippen LogP contribution in [0.5, 0.6) is 0 Å². The highest BCUT2D eigenvalue weighted by atomic mass is 79.9. The Labute approximate surface area is 81.1 Å². The van der Waals surface area contributed by atoms with E-state index in [2.05, 4.69) is 36.8 Å². The zero-order chi connectivity index (χ0) is 7.56. The van der Waals surface area contributed by atoms with Gasteiger partial charge in [-0.2, -0.15) is 0 Å². The minimum atomic E-state index is 0.517. The van der Waals surface area contributed by atoms with Crippen molar-refractivity contribution in [2.24, 2.45) is 0 Å². The Morgan fingerprint density at radius 3 is 2.70 bits per heavy atom. The molecular weight excluding hydrogens is 281 g/mol. The molecule has 0 aromatic carbocycles. The molecule has 1 nitrogen and oxygen atoms in total. The van der Waals surface area contributed by atoms with Crippen LogP contribution < -0.4 is 0 Å². The van der Waals surface area contributed by atoms with E-state index in [1.54, 1.807) is 0 Å². The maximum atomic E-state index is 5.67. The van der Waals surface area contributed by atoms with Crippen molar-refractivity contribution in [2.75, 3.05) is 0 Å². The molecule has 0 bridgehead atoms. The van der Waals surface area contributed by atoms with Gasteiger partial charge in [-0.3, -0.25) is 0 Å². The average Bonchev–Trinajstić information content (AvgIpc) is 1.85. The molecule has 0 amide bonds. The van der Waals surface area contributed by atoms with Crippen molar-refractivity contribution in [3.63, 3.8) is 0 Å². The number of rotatable bonds is 1. The first-order valence-corrected chi connectivity index (χ1v) is 4.89. The van der Waals surface area contributed by atoms with Crippen LogP contribution in [-0.4, -0.2) is 4.98 Å². The Kier molecular flexibility index (Phi) is 3.14. The summed E-state index contributed by atoms with van der Waals surface area (Å²) in [6.45, 7) is 0. The van der Waals surface area contributed by atoms with Crippen LogP contribution in [0, 0.1) is 0 Å². The molecule has 54 valence electrons.